The molecule has 3 atom stereocenters. The van der Waals surface area contributed by atoms with Crippen LogP contribution >= 0.6 is 7.82 Å². The molecule has 0 aromatic heterocycles. The van der Waals surface area contributed by atoms with Gasteiger partial charge in [0.15, 0.2) is 6.10 Å². The average Bonchev–Trinajstić information content (AvgIpc) is 3.17. The summed E-state index contributed by atoms with van der Waals surface area (Å²) in [5, 5.41) is 8.88. The molecule has 320 valence electrons. The second-order valence-corrected chi connectivity index (χ2v) is 15.2. The number of carbonyl (C=O) groups is 3. The van der Waals surface area contributed by atoms with Gasteiger partial charge in [-0.25, -0.2) is 4.57 Å². The lowest BCUT2D eigenvalue weighted by molar-refractivity contribution is -0.160. The molecule has 0 saturated carbocycles. The van der Waals surface area contributed by atoms with E-state index in [0.29, 0.717) is 12.8 Å². The van der Waals surface area contributed by atoms with Gasteiger partial charge in [-0.1, -0.05) is 151 Å². The maximum absolute atomic E-state index is 12.5. The van der Waals surface area contributed by atoms with E-state index in [1.807, 2.05) is 18.2 Å². The molecule has 0 saturated heterocycles. The van der Waals surface area contributed by atoms with Crippen molar-refractivity contribution in [2.24, 2.45) is 5.73 Å². The molecule has 0 bridgehead atoms. The number of phosphoric ester groups is 1. The van der Waals surface area contributed by atoms with Crippen molar-refractivity contribution in [3.05, 3.63) is 72.9 Å². The van der Waals surface area contributed by atoms with Crippen molar-refractivity contribution in [2.75, 3.05) is 19.8 Å². The number of rotatable bonds is 38. The minimum Gasteiger partial charge on any atom is -0.480 e. The first-order chi connectivity index (χ1) is 27.1. The summed E-state index contributed by atoms with van der Waals surface area (Å²) in [6.45, 7) is 2.56. The minimum atomic E-state index is -4.74. The van der Waals surface area contributed by atoms with E-state index in [1.54, 1.807) is 6.08 Å². The Labute approximate surface area is 338 Å². The highest BCUT2D eigenvalue weighted by atomic mass is 31.2. The van der Waals surface area contributed by atoms with E-state index >= 15 is 0 Å². The third kappa shape index (κ3) is 37.8. The maximum Gasteiger partial charge on any atom is 0.472 e. The summed E-state index contributed by atoms with van der Waals surface area (Å²) in [4.78, 5) is 45.8. The van der Waals surface area contributed by atoms with Crippen LogP contribution in [0.25, 0.3) is 0 Å². The van der Waals surface area contributed by atoms with E-state index in [4.69, 9.17) is 24.8 Å². The van der Waals surface area contributed by atoms with Gasteiger partial charge in [0.05, 0.1) is 19.6 Å². The van der Waals surface area contributed by atoms with Crippen LogP contribution in [0.3, 0.4) is 0 Å². The van der Waals surface area contributed by atoms with Crippen LogP contribution in [-0.4, -0.2) is 59.9 Å². The van der Waals surface area contributed by atoms with Crippen molar-refractivity contribution in [3.63, 3.8) is 0 Å². The number of nitrogens with two attached hydrogens (primary N) is 1. The minimum absolute atomic E-state index is 0.0747. The lowest BCUT2D eigenvalue weighted by atomic mass is 10.1. The van der Waals surface area contributed by atoms with E-state index < -0.39 is 57.7 Å². The lowest BCUT2D eigenvalue weighted by Gasteiger charge is -2.20. The number of esters is 2. The quantitative estimate of drug-likeness (QED) is 0.0235. The zero-order chi connectivity index (χ0) is 41.4. The molecule has 0 amide bonds. The van der Waals surface area contributed by atoms with Gasteiger partial charge in [0.2, 0.25) is 0 Å². The topological polar surface area (TPSA) is 172 Å². The van der Waals surface area contributed by atoms with Crippen molar-refractivity contribution in [3.8, 4) is 0 Å². The van der Waals surface area contributed by atoms with E-state index in [9.17, 15) is 23.8 Å². The maximum atomic E-state index is 12.5. The van der Waals surface area contributed by atoms with Gasteiger partial charge in [0, 0.05) is 6.42 Å². The van der Waals surface area contributed by atoms with Gasteiger partial charge in [-0.3, -0.25) is 23.4 Å². The second-order valence-electron chi connectivity index (χ2n) is 13.8. The Kier molecular flexibility index (Phi) is 36.6. The van der Waals surface area contributed by atoms with Crippen molar-refractivity contribution >= 4 is 25.7 Å². The molecule has 0 aliphatic carbocycles. The summed E-state index contributed by atoms with van der Waals surface area (Å²) >= 11 is 0. The Bertz CT molecular complexity index is 1230. The number of carbonyl (C=O) groups excluding carboxylic acids is 2. The van der Waals surface area contributed by atoms with Crippen LogP contribution in [0.15, 0.2) is 72.9 Å². The number of unbranched alkanes of at least 4 members (excludes halogenated alkanes) is 13. The van der Waals surface area contributed by atoms with Gasteiger partial charge in [0.25, 0.3) is 0 Å². The van der Waals surface area contributed by atoms with Crippen molar-refractivity contribution in [1.82, 2.24) is 0 Å². The molecule has 0 aromatic carbocycles. The number of hydrogen-bond donors (Lipinski definition) is 3. The first-order valence-corrected chi connectivity index (χ1v) is 22.5. The SMILES string of the molecule is CC/C=C\C/C=C\C/C=C\C/C=C\C/C=C\CC(=O)OC(COC(=O)CCCCCCCCC/C=C\CCCCCCCC)COP(=O)(O)OCC(N)C(=O)O. The molecule has 0 aromatic rings. The molecule has 56 heavy (non-hydrogen) atoms. The Hall–Kier alpha value is -3.08. The Morgan fingerprint density at radius 1 is 0.589 bits per heavy atom. The molecule has 0 spiro atoms. The molecule has 11 nitrogen and oxygen atoms in total. The average molecular weight is 808 g/mol. The Morgan fingerprint density at radius 2 is 1.05 bits per heavy atom. The number of carboxylic acids is 1. The molecule has 0 aliphatic heterocycles. The summed E-state index contributed by atoms with van der Waals surface area (Å²) in [5.74, 6) is -2.55. The highest BCUT2D eigenvalue weighted by molar-refractivity contribution is 7.47. The predicted octanol–water partition coefficient (Wildman–Crippen LogP) is 10.9. The van der Waals surface area contributed by atoms with Crippen LogP contribution in [0, 0.1) is 0 Å². The molecule has 3 unspecified atom stereocenters. The van der Waals surface area contributed by atoms with E-state index in [0.717, 1.165) is 51.4 Å². The van der Waals surface area contributed by atoms with Crippen molar-refractivity contribution in [1.29, 1.82) is 0 Å². The zero-order valence-electron chi connectivity index (χ0n) is 34.4. The van der Waals surface area contributed by atoms with Crippen LogP contribution in [0.1, 0.15) is 155 Å². The summed E-state index contributed by atoms with van der Waals surface area (Å²) in [7, 11) is -4.74. The number of phosphoric acid groups is 1. The number of aliphatic carboxylic acids is 1. The summed E-state index contributed by atoms with van der Waals surface area (Å²) in [5.41, 5.74) is 5.32. The lowest BCUT2D eigenvalue weighted by Crippen LogP contribution is -2.34. The molecule has 0 rings (SSSR count). The normalized spacial score (nSPS) is 14.5. The largest absolute Gasteiger partial charge is 0.480 e. The van der Waals surface area contributed by atoms with Crippen molar-refractivity contribution < 1.29 is 47.5 Å². The van der Waals surface area contributed by atoms with Gasteiger partial charge in [-0.15, -0.1) is 0 Å². The third-order valence-electron chi connectivity index (χ3n) is 8.47. The number of allylic oxidation sites excluding steroid dienone is 11. The first-order valence-electron chi connectivity index (χ1n) is 21.0. The van der Waals surface area contributed by atoms with Gasteiger partial charge < -0.3 is 25.2 Å². The van der Waals surface area contributed by atoms with Gasteiger partial charge in [-0.2, -0.15) is 0 Å². The number of ether oxygens (including phenoxy) is 2. The predicted molar refractivity (Wildman–Crippen MR) is 226 cm³/mol. The van der Waals surface area contributed by atoms with Crippen LogP contribution in [0.4, 0.5) is 0 Å². The van der Waals surface area contributed by atoms with E-state index in [2.05, 4.69) is 67.0 Å². The molecule has 12 heteroatoms. The molecular formula is C44H74NO10P. The van der Waals surface area contributed by atoms with E-state index in [1.165, 1.54) is 64.2 Å². The zero-order valence-corrected chi connectivity index (χ0v) is 35.3. The monoisotopic (exact) mass is 808 g/mol. The van der Waals surface area contributed by atoms with E-state index in [-0.39, 0.29) is 12.8 Å². The fraction of sp³-hybridized carbons (Fsp3) is 0.659. The second kappa shape index (κ2) is 38.8. The third-order valence-corrected chi connectivity index (χ3v) is 9.42. The summed E-state index contributed by atoms with van der Waals surface area (Å²) in [6, 6.07) is -1.54. The van der Waals surface area contributed by atoms with Crippen LogP contribution in [0.5, 0.6) is 0 Å². The van der Waals surface area contributed by atoms with Gasteiger partial charge in [0.1, 0.15) is 12.6 Å². The summed E-state index contributed by atoms with van der Waals surface area (Å²) < 4.78 is 32.5. The highest BCUT2D eigenvalue weighted by Crippen LogP contribution is 2.43. The fourth-order valence-electron chi connectivity index (χ4n) is 5.19. The molecule has 4 N–H and O–H groups in total. The smallest absolute Gasteiger partial charge is 0.472 e. The van der Waals surface area contributed by atoms with Crippen LogP contribution in [0.2, 0.25) is 0 Å². The highest BCUT2D eigenvalue weighted by Gasteiger charge is 2.28. The fourth-order valence-corrected chi connectivity index (χ4v) is 5.97. The first kappa shape index (κ1) is 52.9. The molecule has 0 aliphatic rings. The van der Waals surface area contributed by atoms with Gasteiger partial charge in [-0.05, 0) is 64.2 Å². The Balaban J connectivity index is 4.51. The molecule has 0 fully saturated rings. The number of hydrogen-bond acceptors (Lipinski definition) is 9. The van der Waals surface area contributed by atoms with Crippen LogP contribution in [-0.2, 0) is 37.5 Å². The molecular weight excluding hydrogens is 733 g/mol. The van der Waals surface area contributed by atoms with Gasteiger partial charge >= 0.3 is 25.7 Å². The summed E-state index contributed by atoms with van der Waals surface area (Å²) in [6.07, 6.45) is 45.7. The molecule has 0 radical (unpaired) electrons. The van der Waals surface area contributed by atoms with Crippen molar-refractivity contribution in [2.45, 2.75) is 167 Å². The standard InChI is InChI=1S/C44H74NO10P/c1-3-5-7-9-11-13-15-17-19-20-22-23-25-27-29-31-33-35-42(46)52-37-40(38-53-56(50,51)54-39-41(45)44(48)49)55-43(47)36-34-32-30-28-26-24-21-18-16-14-12-10-8-6-4-2/h6,8,12,14,17-19,21,26,28,32,34,40-41H,3-5,7,9-11,13,15-16,20,22-25,27,29-31,33,35-39,45H2,1-2H3,(H,48,49)(H,50,51)/b8-6-,14-12-,19-17-,21-18-,28-26-,34-32-. The van der Waals surface area contributed by atoms with Crippen LogP contribution < -0.4 is 5.73 Å². The number of carboxylic acid groups (broad SMARTS) is 1. The molecule has 0 heterocycles. The Morgan fingerprint density at radius 3 is 1.57 bits per heavy atom.